The van der Waals surface area contributed by atoms with E-state index in [1.165, 1.54) is 0 Å². The molecule has 0 saturated heterocycles. The summed E-state index contributed by atoms with van der Waals surface area (Å²) in [7, 11) is 0. The van der Waals surface area contributed by atoms with E-state index in [4.69, 9.17) is 16.6 Å². The fourth-order valence-electron chi connectivity index (χ4n) is 3.62. The summed E-state index contributed by atoms with van der Waals surface area (Å²) in [5.41, 5.74) is 4.02. The number of aromatic nitrogens is 4. The summed E-state index contributed by atoms with van der Waals surface area (Å²) in [6.45, 7) is 9.66. The molecule has 3 aromatic rings. The molecular weight excluding hydrogens is 380 g/mol. The van der Waals surface area contributed by atoms with Gasteiger partial charge in [-0.2, -0.15) is 5.10 Å². The fraction of sp³-hybridized carbons (Fsp3) is 0.450. The van der Waals surface area contributed by atoms with Gasteiger partial charge >= 0.3 is 0 Å². The Morgan fingerprint density at radius 1 is 1.30 bits per heavy atom. The van der Waals surface area contributed by atoms with Crippen molar-refractivity contribution in [3.8, 4) is 0 Å². The van der Waals surface area contributed by atoms with Crippen LogP contribution in [0.1, 0.15) is 53.7 Å². The van der Waals surface area contributed by atoms with Crippen molar-refractivity contribution >= 4 is 44.8 Å². The lowest BCUT2D eigenvalue weighted by Gasteiger charge is -2.04. The van der Waals surface area contributed by atoms with Gasteiger partial charge in [0.25, 0.3) is 5.56 Å². The lowest BCUT2D eigenvalue weighted by molar-refractivity contribution is 0.569. The maximum atomic E-state index is 13.0. The number of unbranched alkanes of at least 4 members (excludes halogenated alkanes) is 1. The average molecular weight is 403 g/mol. The van der Waals surface area contributed by atoms with Gasteiger partial charge in [-0.15, -0.1) is 11.3 Å². The second-order valence-electron chi connectivity index (χ2n) is 7.14. The zero-order valence-corrected chi connectivity index (χ0v) is 17.7. The molecule has 27 heavy (non-hydrogen) atoms. The summed E-state index contributed by atoms with van der Waals surface area (Å²) in [5.74, 6) is 0.769. The van der Waals surface area contributed by atoms with Crippen LogP contribution >= 0.6 is 22.9 Å². The monoisotopic (exact) mass is 402 g/mol. The van der Waals surface area contributed by atoms with Gasteiger partial charge in [-0.1, -0.05) is 24.9 Å². The lowest BCUT2D eigenvalue weighted by atomic mass is 10.1. The van der Waals surface area contributed by atoms with Crippen molar-refractivity contribution in [3.05, 3.63) is 43.0 Å². The van der Waals surface area contributed by atoms with Crippen molar-refractivity contribution in [2.45, 2.75) is 60.0 Å². The molecule has 1 aliphatic heterocycles. The van der Waals surface area contributed by atoms with Crippen LogP contribution in [0.15, 0.2) is 4.79 Å². The quantitative estimate of drug-likeness (QED) is 0.618. The highest BCUT2D eigenvalue weighted by atomic mass is 35.5. The first kappa shape index (κ1) is 18.4. The summed E-state index contributed by atoms with van der Waals surface area (Å²) in [6.07, 6.45) is 5.00. The summed E-state index contributed by atoms with van der Waals surface area (Å²) in [5, 5.41) is 6.01. The third-order valence-electron chi connectivity index (χ3n) is 5.33. The topological polar surface area (TPSA) is 52.7 Å². The van der Waals surface area contributed by atoms with Crippen molar-refractivity contribution < 1.29 is 0 Å². The fourth-order valence-corrected chi connectivity index (χ4v) is 4.96. The van der Waals surface area contributed by atoms with Crippen LogP contribution in [-0.2, 0) is 13.1 Å². The molecule has 0 unspecified atom stereocenters. The standard InChI is InChI=1S/C20H23ClN4OS/c1-5-6-8-25-17(21)15(12(3)23-25)10-14-7-9-24-18(14)22-19-16(20(24)26)11(2)13(4)27-19/h10H,5-9H2,1-4H3/b14-10+. The van der Waals surface area contributed by atoms with E-state index in [0.29, 0.717) is 11.7 Å². The Morgan fingerprint density at radius 2 is 2.07 bits per heavy atom. The van der Waals surface area contributed by atoms with Gasteiger partial charge < -0.3 is 0 Å². The summed E-state index contributed by atoms with van der Waals surface area (Å²) < 4.78 is 3.68. The van der Waals surface area contributed by atoms with E-state index < -0.39 is 0 Å². The zero-order chi connectivity index (χ0) is 19.3. The van der Waals surface area contributed by atoms with Crippen molar-refractivity contribution in [2.75, 3.05) is 0 Å². The molecule has 0 saturated carbocycles. The van der Waals surface area contributed by atoms with Crippen molar-refractivity contribution in [2.24, 2.45) is 0 Å². The third kappa shape index (κ3) is 2.95. The zero-order valence-electron chi connectivity index (χ0n) is 16.1. The Morgan fingerprint density at radius 3 is 2.81 bits per heavy atom. The van der Waals surface area contributed by atoms with Crippen molar-refractivity contribution in [3.63, 3.8) is 0 Å². The second-order valence-corrected chi connectivity index (χ2v) is 8.70. The Bertz CT molecular complexity index is 1140. The van der Waals surface area contributed by atoms with Crippen LogP contribution < -0.4 is 5.56 Å². The number of aryl methyl sites for hydroxylation is 4. The van der Waals surface area contributed by atoms with Gasteiger partial charge in [0.15, 0.2) is 0 Å². The Hall–Kier alpha value is -1.92. The lowest BCUT2D eigenvalue weighted by Crippen LogP contribution is -2.20. The largest absolute Gasteiger partial charge is 0.292 e. The molecular formula is C20H23ClN4OS. The molecule has 4 heterocycles. The average Bonchev–Trinajstić information content (AvgIpc) is 3.25. The number of halogens is 1. The van der Waals surface area contributed by atoms with Gasteiger partial charge in [0.2, 0.25) is 0 Å². The molecule has 5 nitrogen and oxygen atoms in total. The van der Waals surface area contributed by atoms with Gasteiger partial charge in [0.05, 0.1) is 11.1 Å². The van der Waals surface area contributed by atoms with Gasteiger partial charge in [-0.05, 0) is 50.8 Å². The first-order valence-corrected chi connectivity index (χ1v) is 10.6. The first-order chi connectivity index (χ1) is 12.9. The highest BCUT2D eigenvalue weighted by Crippen LogP contribution is 2.33. The highest BCUT2D eigenvalue weighted by molar-refractivity contribution is 7.18. The van der Waals surface area contributed by atoms with Gasteiger partial charge in [0.1, 0.15) is 15.8 Å². The number of thiophene rings is 1. The van der Waals surface area contributed by atoms with Crippen LogP contribution in [0.5, 0.6) is 0 Å². The molecule has 0 amide bonds. The molecule has 1 aliphatic rings. The van der Waals surface area contributed by atoms with Gasteiger partial charge in [-0.3, -0.25) is 14.0 Å². The normalized spacial score (nSPS) is 15.2. The predicted molar refractivity (Wildman–Crippen MR) is 113 cm³/mol. The first-order valence-electron chi connectivity index (χ1n) is 9.36. The van der Waals surface area contributed by atoms with Crippen molar-refractivity contribution in [1.29, 1.82) is 0 Å². The van der Waals surface area contributed by atoms with Crippen molar-refractivity contribution in [1.82, 2.24) is 19.3 Å². The van der Waals surface area contributed by atoms with E-state index in [9.17, 15) is 4.79 Å². The minimum Gasteiger partial charge on any atom is -0.292 e. The second kappa shape index (κ2) is 6.91. The van der Waals surface area contributed by atoms with Crippen LogP contribution in [0, 0.1) is 20.8 Å². The molecule has 0 aromatic carbocycles. The molecule has 0 aliphatic carbocycles. The molecule has 7 heteroatoms. The molecule has 3 aromatic heterocycles. The Labute approximate surface area is 167 Å². The van der Waals surface area contributed by atoms with E-state index in [1.54, 1.807) is 15.9 Å². The molecule has 0 N–H and O–H groups in total. The Balaban J connectivity index is 1.82. The Kier molecular flexibility index (Phi) is 4.72. The maximum absolute atomic E-state index is 13.0. The number of fused-ring (bicyclic) bond motifs is 2. The number of hydrogen-bond acceptors (Lipinski definition) is 4. The van der Waals surface area contributed by atoms with Gasteiger partial charge in [0, 0.05) is 23.5 Å². The van der Waals surface area contributed by atoms with E-state index in [-0.39, 0.29) is 5.56 Å². The SMILES string of the molecule is CCCCn1nc(C)c(/C=C2\CCn3c2nc2sc(C)c(C)c2c3=O)c1Cl. The maximum Gasteiger partial charge on any atom is 0.262 e. The number of hydrogen-bond donors (Lipinski definition) is 0. The number of allylic oxidation sites excluding steroid dienone is 1. The molecule has 0 bridgehead atoms. The molecule has 0 spiro atoms. The van der Waals surface area contributed by atoms with E-state index in [2.05, 4.69) is 18.1 Å². The van der Waals surface area contributed by atoms with Crippen LogP contribution in [0.25, 0.3) is 21.9 Å². The number of rotatable bonds is 4. The minimum atomic E-state index is 0.0710. The van der Waals surface area contributed by atoms with E-state index in [1.807, 2.05) is 25.5 Å². The summed E-state index contributed by atoms with van der Waals surface area (Å²) in [6, 6.07) is 0. The molecule has 142 valence electrons. The minimum absolute atomic E-state index is 0.0710. The molecule has 0 radical (unpaired) electrons. The third-order valence-corrected chi connectivity index (χ3v) is 6.83. The van der Waals surface area contributed by atoms with Gasteiger partial charge in [-0.25, -0.2) is 4.98 Å². The molecule has 0 atom stereocenters. The molecule has 4 rings (SSSR count). The number of nitrogens with zero attached hydrogens (tertiary/aromatic N) is 4. The molecule has 0 fully saturated rings. The smallest absolute Gasteiger partial charge is 0.262 e. The summed E-state index contributed by atoms with van der Waals surface area (Å²) in [4.78, 5) is 19.8. The highest BCUT2D eigenvalue weighted by Gasteiger charge is 2.24. The summed E-state index contributed by atoms with van der Waals surface area (Å²) >= 11 is 8.18. The van der Waals surface area contributed by atoms with Crippen LogP contribution in [0.2, 0.25) is 5.15 Å². The van der Waals surface area contributed by atoms with Crippen LogP contribution in [0.3, 0.4) is 0 Å². The van der Waals surface area contributed by atoms with E-state index in [0.717, 1.165) is 69.1 Å². The predicted octanol–water partition coefficient (Wildman–Crippen LogP) is 4.98. The van der Waals surface area contributed by atoms with Crippen LogP contribution in [0.4, 0.5) is 0 Å². The van der Waals surface area contributed by atoms with E-state index >= 15 is 0 Å². The van der Waals surface area contributed by atoms with Crippen LogP contribution in [-0.4, -0.2) is 19.3 Å².